The first-order valence-corrected chi connectivity index (χ1v) is 4.45. The van der Waals surface area contributed by atoms with Gasteiger partial charge in [-0.15, -0.1) is 0 Å². The van der Waals surface area contributed by atoms with Crippen LogP contribution in [0.15, 0.2) is 48.3 Å². The summed E-state index contributed by atoms with van der Waals surface area (Å²) in [7, 11) is 0. The molecule has 0 aromatic heterocycles. The van der Waals surface area contributed by atoms with Gasteiger partial charge in [0.15, 0.2) is 0 Å². The van der Waals surface area contributed by atoms with Gasteiger partial charge in [0, 0.05) is 5.57 Å². The van der Waals surface area contributed by atoms with Gasteiger partial charge in [0.1, 0.15) is 5.76 Å². The second-order valence-electron chi connectivity index (χ2n) is 2.68. The fourth-order valence-corrected chi connectivity index (χ4v) is 1.08. The van der Waals surface area contributed by atoms with E-state index >= 15 is 0 Å². The van der Waals surface area contributed by atoms with Gasteiger partial charge in [-0.05, 0) is 32.4 Å². The highest BCUT2D eigenvalue weighted by molar-refractivity contribution is 5.41. The zero-order valence-electron chi connectivity index (χ0n) is 8.76. The largest absolute Gasteiger partial charge is 0.493 e. The lowest BCUT2D eigenvalue weighted by atomic mass is 10.1. The fourth-order valence-electron chi connectivity index (χ4n) is 1.08. The van der Waals surface area contributed by atoms with E-state index in [1.807, 2.05) is 32.9 Å². The summed E-state index contributed by atoms with van der Waals surface area (Å²) in [5.41, 5.74) is 2.05. The van der Waals surface area contributed by atoms with E-state index in [4.69, 9.17) is 4.74 Å². The Kier molecular flexibility index (Phi) is 5.69. The van der Waals surface area contributed by atoms with Crippen LogP contribution >= 0.6 is 0 Å². The van der Waals surface area contributed by atoms with Crippen LogP contribution in [0.2, 0.25) is 0 Å². The summed E-state index contributed by atoms with van der Waals surface area (Å²) < 4.78 is 5.46. The van der Waals surface area contributed by atoms with Gasteiger partial charge in [-0.3, -0.25) is 0 Å². The minimum Gasteiger partial charge on any atom is -0.493 e. The maximum absolute atomic E-state index is 5.46. The van der Waals surface area contributed by atoms with E-state index in [0.29, 0.717) is 6.61 Å². The lowest BCUT2D eigenvalue weighted by Crippen LogP contribution is -1.96. The molecule has 0 unspecified atom stereocenters. The maximum atomic E-state index is 5.46. The van der Waals surface area contributed by atoms with Crippen LogP contribution in [-0.2, 0) is 4.74 Å². The average Bonchev–Trinajstić information content (AvgIpc) is 2.05. The predicted molar refractivity (Wildman–Crippen MR) is 58.5 cm³/mol. The van der Waals surface area contributed by atoms with Crippen molar-refractivity contribution >= 4 is 0 Å². The first-order valence-electron chi connectivity index (χ1n) is 4.45. The Morgan fingerprint density at radius 1 is 1.46 bits per heavy atom. The normalized spacial score (nSPS) is 12.5. The van der Waals surface area contributed by atoms with Crippen molar-refractivity contribution in [2.75, 3.05) is 6.61 Å². The molecule has 0 aliphatic carbocycles. The van der Waals surface area contributed by atoms with Crippen molar-refractivity contribution in [3.8, 4) is 0 Å². The van der Waals surface area contributed by atoms with Crippen LogP contribution in [0, 0.1) is 0 Å². The highest BCUT2D eigenvalue weighted by Gasteiger charge is 2.04. The van der Waals surface area contributed by atoms with Gasteiger partial charge in [0.2, 0.25) is 0 Å². The van der Waals surface area contributed by atoms with Crippen molar-refractivity contribution in [1.82, 2.24) is 0 Å². The fraction of sp³-hybridized carbons (Fsp3) is 0.333. The zero-order chi connectivity index (χ0) is 10.3. The molecule has 0 amide bonds. The summed E-state index contributed by atoms with van der Waals surface area (Å²) in [4.78, 5) is 0. The predicted octanol–water partition coefficient (Wildman–Crippen LogP) is 3.62. The quantitative estimate of drug-likeness (QED) is 0.461. The number of ether oxygens (including phenoxy) is 1. The number of hydrogen-bond donors (Lipinski definition) is 0. The van der Waals surface area contributed by atoms with E-state index < -0.39 is 0 Å². The van der Waals surface area contributed by atoms with Gasteiger partial charge >= 0.3 is 0 Å². The van der Waals surface area contributed by atoms with E-state index in [1.165, 1.54) is 0 Å². The topological polar surface area (TPSA) is 9.23 Å². The van der Waals surface area contributed by atoms with Crippen molar-refractivity contribution in [2.24, 2.45) is 0 Å². The van der Waals surface area contributed by atoms with E-state index in [2.05, 4.69) is 13.2 Å². The van der Waals surface area contributed by atoms with Crippen molar-refractivity contribution in [1.29, 1.82) is 0 Å². The third-order valence-corrected chi connectivity index (χ3v) is 1.58. The van der Waals surface area contributed by atoms with Crippen LogP contribution in [0.5, 0.6) is 0 Å². The Bertz CT molecular complexity index is 244. The molecule has 0 spiro atoms. The van der Waals surface area contributed by atoms with Gasteiger partial charge in [-0.1, -0.05) is 25.3 Å². The molecule has 0 atom stereocenters. The second-order valence-corrected chi connectivity index (χ2v) is 2.68. The minimum atomic E-state index is 0.657. The van der Waals surface area contributed by atoms with Crippen LogP contribution in [0.1, 0.15) is 20.8 Å². The number of hydrogen-bond acceptors (Lipinski definition) is 1. The van der Waals surface area contributed by atoms with Gasteiger partial charge in [-0.25, -0.2) is 0 Å². The van der Waals surface area contributed by atoms with E-state index in [9.17, 15) is 0 Å². The lowest BCUT2D eigenvalue weighted by Gasteiger charge is -2.11. The summed E-state index contributed by atoms with van der Waals surface area (Å²) in [5.74, 6) is 0.840. The SMILES string of the molecule is C=C/C=C(OCC)\C(=C/C)C(=C)C. The van der Waals surface area contributed by atoms with Crippen molar-refractivity contribution in [3.63, 3.8) is 0 Å². The Balaban J connectivity index is 4.81. The van der Waals surface area contributed by atoms with Crippen LogP contribution < -0.4 is 0 Å². The van der Waals surface area contributed by atoms with Crippen LogP contribution in [0.25, 0.3) is 0 Å². The first-order chi connectivity index (χ1) is 6.17. The summed E-state index contributed by atoms with van der Waals surface area (Å²) in [6.07, 6.45) is 5.57. The van der Waals surface area contributed by atoms with Crippen LogP contribution in [0.4, 0.5) is 0 Å². The molecule has 0 saturated carbocycles. The van der Waals surface area contributed by atoms with Gasteiger partial charge in [0.25, 0.3) is 0 Å². The molecule has 0 aromatic rings. The maximum Gasteiger partial charge on any atom is 0.126 e. The van der Waals surface area contributed by atoms with Gasteiger partial charge in [0.05, 0.1) is 6.61 Å². The van der Waals surface area contributed by atoms with Crippen LogP contribution in [-0.4, -0.2) is 6.61 Å². The zero-order valence-corrected chi connectivity index (χ0v) is 8.76. The molecule has 0 aliphatic heterocycles. The first kappa shape index (κ1) is 11.8. The molecule has 0 rings (SSSR count). The molecule has 13 heavy (non-hydrogen) atoms. The Morgan fingerprint density at radius 2 is 2.08 bits per heavy atom. The third-order valence-electron chi connectivity index (χ3n) is 1.58. The molecule has 1 nitrogen and oxygen atoms in total. The molecule has 0 fully saturated rings. The molecule has 0 bridgehead atoms. The van der Waals surface area contributed by atoms with Gasteiger partial charge in [-0.2, -0.15) is 0 Å². The molecule has 72 valence electrons. The Hall–Kier alpha value is -1.24. The van der Waals surface area contributed by atoms with Gasteiger partial charge < -0.3 is 4.74 Å². The standard InChI is InChI=1S/C12H18O/c1-6-9-12(13-8-3)11(7-2)10(4)5/h6-7,9H,1,4,8H2,2-3,5H3/b11-7-,12-9+. The smallest absolute Gasteiger partial charge is 0.126 e. The summed E-state index contributed by atoms with van der Waals surface area (Å²) in [5, 5.41) is 0. The molecule has 0 aliphatic rings. The molecule has 0 saturated heterocycles. The highest BCUT2D eigenvalue weighted by Crippen LogP contribution is 2.18. The molecule has 0 aromatic carbocycles. The second kappa shape index (κ2) is 6.30. The molecular weight excluding hydrogens is 160 g/mol. The molecule has 0 heterocycles. The van der Waals surface area contributed by atoms with E-state index in [0.717, 1.165) is 16.9 Å². The highest BCUT2D eigenvalue weighted by atomic mass is 16.5. The Morgan fingerprint density at radius 3 is 2.38 bits per heavy atom. The van der Waals surface area contributed by atoms with E-state index in [1.54, 1.807) is 6.08 Å². The minimum absolute atomic E-state index is 0.657. The van der Waals surface area contributed by atoms with Crippen molar-refractivity contribution < 1.29 is 4.74 Å². The Labute approximate surface area is 81.1 Å². The lowest BCUT2D eigenvalue weighted by molar-refractivity contribution is 0.238. The average molecular weight is 178 g/mol. The molecule has 1 heteroatoms. The summed E-state index contributed by atoms with van der Waals surface area (Å²) in [6.45, 7) is 14.1. The van der Waals surface area contributed by atoms with Crippen molar-refractivity contribution in [3.05, 3.63) is 48.3 Å². The molecular formula is C12H18O. The van der Waals surface area contributed by atoms with Crippen LogP contribution in [0.3, 0.4) is 0 Å². The number of allylic oxidation sites excluding steroid dienone is 4. The van der Waals surface area contributed by atoms with E-state index in [-0.39, 0.29) is 0 Å². The molecule has 0 N–H and O–H groups in total. The summed E-state index contributed by atoms with van der Waals surface area (Å²) in [6, 6.07) is 0. The number of rotatable bonds is 5. The van der Waals surface area contributed by atoms with Crippen molar-refractivity contribution in [2.45, 2.75) is 20.8 Å². The molecule has 0 radical (unpaired) electrons. The summed E-state index contributed by atoms with van der Waals surface area (Å²) >= 11 is 0. The third kappa shape index (κ3) is 3.79. The monoisotopic (exact) mass is 178 g/mol.